The van der Waals surface area contributed by atoms with Gasteiger partial charge in [-0.15, -0.1) is 0 Å². The first kappa shape index (κ1) is 15.1. The fraction of sp³-hybridized carbons (Fsp3) is 0.0625. The van der Waals surface area contributed by atoms with Gasteiger partial charge >= 0.3 is 0 Å². The monoisotopic (exact) mass is 295 g/mol. The molecule has 0 radical (unpaired) electrons. The van der Waals surface area contributed by atoms with Crippen LogP contribution in [0.25, 0.3) is 0 Å². The molecule has 0 spiro atoms. The molecular formula is C16H13N3O3. The number of amides is 1. The summed E-state index contributed by atoms with van der Waals surface area (Å²) in [5.41, 5.74) is 3.41. The minimum Gasteiger partial charge on any atom is -0.508 e. The Morgan fingerprint density at radius 1 is 1.27 bits per heavy atom. The van der Waals surface area contributed by atoms with Crippen LogP contribution in [0.1, 0.15) is 11.1 Å². The minimum absolute atomic E-state index is 0.158. The number of phenols is 1. The molecule has 0 heterocycles. The van der Waals surface area contributed by atoms with E-state index >= 15 is 0 Å². The zero-order valence-electron chi connectivity index (χ0n) is 11.6. The third-order valence-corrected chi connectivity index (χ3v) is 2.66. The van der Waals surface area contributed by atoms with E-state index in [9.17, 15) is 4.79 Å². The maximum atomic E-state index is 11.6. The summed E-state index contributed by atoms with van der Waals surface area (Å²) in [6.45, 7) is -0.244. The second kappa shape index (κ2) is 7.45. The van der Waals surface area contributed by atoms with Gasteiger partial charge in [0.2, 0.25) is 0 Å². The highest BCUT2D eigenvalue weighted by Crippen LogP contribution is 2.16. The molecule has 2 aromatic rings. The highest BCUT2D eigenvalue weighted by Gasteiger charge is 2.05. The van der Waals surface area contributed by atoms with Gasteiger partial charge in [-0.3, -0.25) is 4.79 Å². The fourth-order valence-corrected chi connectivity index (χ4v) is 1.60. The predicted octanol–water partition coefficient (Wildman–Crippen LogP) is 1.79. The molecule has 2 N–H and O–H groups in total. The Balaban J connectivity index is 1.83. The van der Waals surface area contributed by atoms with Gasteiger partial charge in [-0.2, -0.15) is 10.4 Å². The molecular weight excluding hydrogens is 282 g/mol. The smallest absolute Gasteiger partial charge is 0.277 e. The average Bonchev–Trinajstić information content (AvgIpc) is 2.55. The van der Waals surface area contributed by atoms with Crippen LogP contribution in [0.3, 0.4) is 0 Å². The third-order valence-electron chi connectivity index (χ3n) is 2.66. The average molecular weight is 295 g/mol. The van der Waals surface area contributed by atoms with Crippen LogP contribution in [0.15, 0.2) is 53.6 Å². The molecule has 0 unspecified atom stereocenters. The quantitative estimate of drug-likeness (QED) is 0.649. The number of nitriles is 1. The second-order valence-corrected chi connectivity index (χ2v) is 4.28. The number of aromatic hydroxyl groups is 1. The molecule has 0 saturated heterocycles. The van der Waals surface area contributed by atoms with Crippen molar-refractivity contribution < 1.29 is 14.6 Å². The van der Waals surface area contributed by atoms with E-state index in [0.717, 1.165) is 5.56 Å². The number of hydrogen-bond donors (Lipinski definition) is 2. The zero-order valence-corrected chi connectivity index (χ0v) is 11.6. The van der Waals surface area contributed by atoms with Gasteiger partial charge in [0.1, 0.15) is 17.6 Å². The SMILES string of the molecule is N#Cc1ccccc1OCC(=O)N/N=C\c1ccc(O)cc1. The van der Waals surface area contributed by atoms with Gasteiger partial charge in [-0.05, 0) is 42.0 Å². The summed E-state index contributed by atoms with van der Waals surface area (Å²) >= 11 is 0. The summed E-state index contributed by atoms with van der Waals surface area (Å²) in [6, 6.07) is 15.0. The van der Waals surface area contributed by atoms with Gasteiger partial charge in [0, 0.05) is 0 Å². The van der Waals surface area contributed by atoms with Crippen LogP contribution in [-0.4, -0.2) is 23.8 Å². The van der Waals surface area contributed by atoms with E-state index in [1.165, 1.54) is 18.3 Å². The van der Waals surface area contributed by atoms with Crippen molar-refractivity contribution in [3.63, 3.8) is 0 Å². The van der Waals surface area contributed by atoms with Gasteiger partial charge < -0.3 is 9.84 Å². The molecule has 0 saturated carbocycles. The molecule has 0 fully saturated rings. The van der Waals surface area contributed by atoms with E-state index in [4.69, 9.17) is 15.1 Å². The molecule has 6 heteroatoms. The number of hydrazone groups is 1. The van der Waals surface area contributed by atoms with Crippen molar-refractivity contribution in [1.82, 2.24) is 5.43 Å². The highest BCUT2D eigenvalue weighted by atomic mass is 16.5. The standard InChI is InChI=1S/C16H13N3O3/c17-9-13-3-1-2-4-15(13)22-11-16(21)19-18-10-12-5-7-14(20)8-6-12/h1-8,10,20H,11H2,(H,19,21)/b18-10-. The fourth-order valence-electron chi connectivity index (χ4n) is 1.60. The lowest BCUT2D eigenvalue weighted by molar-refractivity contribution is -0.123. The van der Waals surface area contributed by atoms with E-state index in [-0.39, 0.29) is 12.4 Å². The molecule has 0 aromatic heterocycles. The Morgan fingerprint density at radius 3 is 2.73 bits per heavy atom. The Hall–Kier alpha value is -3.33. The molecule has 0 bridgehead atoms. The first-order valence-electron chi connectivity index (χ1n) is 6.42. The number of carbonyl (C=O) groups is 1. The first-order valence-corrected chi connectivity index (χ1v) is 6.42. The Labute approximate surface area is 127 Å². The molecule has 1 amide bonds. The summed E-state index contributed by atoms with van der Waals surface area (Å²) in [5, 5.41) is 21.8. The number of ether oxygens (including phenoxy) is 1. The number of nitrogens with zero attached hydrogens (tertiary/aromatic N) is 2. The summed E-state index contributed by atoms with van der Waals surface area (Å²) < 4.78 is 5.27. The number of rotatable bonds is 5. The number of nitrogens with one attached hydrogen (secondary N) is 1. The summed E-state index contributed by atoms with van der Waals surface area (Å²) in [5.74, 6) is 0.0659. The number of benzene rings is 2. The second-order valence-electron chi connectivity index (χ2n) is 4.28. The van der Waals surface area contributed by atoms with Crippen LogP contribution in [0.2, 0.25) is 0 Å². The molecule has 0 aliphatic rings. The lowest BCUT2D eigenvalue weighted by atomic mass is 10.2. The maximum absolute atomic E-state index is 11.6. The van der Waals surface area contributed by atoms with E-state index in [1.54, 1.807) is 36.4 Å². The van der Waals surface area contributed by atoms with Crippen molar-refractivity contribution in [2.75, 3.05) is 6.61 Å². The molecule has 0 aliphatic heterocycles. The molecule has 110 valence electrons. The summed E-state index contributed by atoms with van der Waals surface area (Å²) in [7, 11) is 0. The summed E-state index contributed by atoms with van der Waals surface area (Å²) in [4.78, 5) is 11.6. The molecule has 2 rings (SSSR count). The lowest BCUT2D eigenvalue weighted by Crippen LogP contribution is -2.24. The van der Waals surface area contributed by atoms with Crippen LogP contribution >= 0.6 is 0 Å². The van der Waals surface area contributed by atoms with Crippen LogP contribution in [0.4, 0.5) is 0 Å². The molecule has 6 nitrogen and oxygen atoms in total. The molecule has 22 heavy (non-hydrogen) atoms. The van der Waals surface area contributed by atoms with Crippen molar-refractivity contribution >= 4 is 12.1 Å². The third kappa shape index (κ3) is 4.35. The van der Waals surface area contributed by atoms with Crippen LogP contribution in [0.5, 0.6) is 11.5 Å². The van der Waals surface area contributed by atoms with Gasteiger partial charge in [0.25, 0.3) is 5.91 Å². The number of hydrogen-bond acceptors (Lipinski definition) is 5. The topological polar surface area (TPSA) is 94.7 Å². The summed E-state index contributed by atoms with van der Waals surface area (Å²) in [6.07, 6.45) is 1.45. The van der Waals surface area contributed by atoms with Crippen LogP contribution < -0.4 is 10.2 Å². The van der Waals surface area contributed by atoms with E-state index in [1.807, 2.05) is 6.07 Å². The molecule has 0 aliphatic carbocycles. The van der Waals surface area contributed by atoms with Gasteiger partial charge in [-0.25, -0.2) is 5.43 Å². The van der Waals surface area contributed by atoms with E-state index in [2.05, 4.69) is 10.5 Å². The van der Waals surface area contributed by atoms with Crippen LogP contribution in [0, 0.1) is 11.3 Å². The van der Waals surface area contributed by atoms with Crippen molar-refractivity contribution in [2.45, 2.75) is 0 Å². The van der Waals surface area contributed by atoms with Gasteiger partial charge in [-0.1, -0.05) is 12.1 Å². The van der Waals surface area contributed by atoms with Crippen LogP contribution in [-0.2, 0) is 4.79 Å². The van der Waals surface area contributed by atoms with Gasteiger partial charge in [0.15, 0.2) is 6.61 Å². The van der Waals surface area contributed by atoms with Crippen molar-refractivity contribution in [2.24, 2.45) is 5.10 Å². The van der Waals surface area contributed by atoms with Crippen molar-refractivity contribution in [3.05, 3.63) is 59.7 Å². The number of para-hydroxylation sites is 1. The van der Waals surface area contributed by atoms with E-state index < -0.39 is 5.91 Å². The first-order chi connectivity index (χ1) is 10.7. The van der Waals surface area contributed by atoms with Crippen molar-refractivity contribution in [3.8, 4) is 17.6 Å². The highest BCUT2D eigenvalue weighted by molar-refractivity contribution is 5.83. The lowest BCUT2D eigenvalue weighted by Gasteiger charge is -2.06. The van der Waals surface area contributed by atoms with Crippen molar-refractivity contribution in [1.29, 1.82) is 5.26 Å². The van der Waals surface area contributed by atoms with E-state index in [0.29, 0.717) is 11.3 Å². The molecule has 2 aromatic carbocycles. The Morgan fingerprint density at radius 2 is 2.00 bits per heavy atom. The largest absolute Gasteiger partial charge is 0.508 e. The number of carbonyl (C=O) groups excluding carboxylic acids is 1. The Bertz CT molecular complexity index is 718. The molecule has 0 atom stereocenters. The minimum atomic E-state index is -0.442. The Kier molecular flexibility index (Phi) is 5.10. The predicted molar refractivity (Wildman–Crippen MR) is 80.5 cm³/mol. The normalized spacial score (nSPS) is 10.1. The number of phenolic OH excluding ortho intramolecular Hbond substituents is 1. The zero-order chi connectivity index (χ0) is 15.8. The maximum Gasteiger partial charge on any atom is 0.277 e. The van der Waals surface area contributed by atoms with Gasteiger partial charge in [0.05, 0.1) is 11.8 Å².